The summed E-state index contributed by atoms with van der Waals surface area (Å²) < 4.78 is 0. The summed E-state index contributed by atoms with van der Waals surface area (Å²) in [6.07, 6.45) is 2.22. The van der Waals surface area contributed by atoms with Crippen molar-refractivity contribution in [2.24, 2.45) is 0 Å². The average Bonchev–Trinajstić information content (AvgIpc) is 2.64. The Morgan fingerprint density at radius 2 is 2.10 bits per heavy atom. The van der Waals surface area contributed by atoms with Crippen molar-refractivity contribution in [1.82, 2.24) is 10.6 Å². The van der Waals surface area contributed by atoms with Gasteiger partial charge in [0.25, 0.3) is 11.6 Å². The molecular weight excluding hydrogens is 262 g/mol. The molecule has 0 aromatic heterocycles. The van der Waals surface area contributed by atoms with E-state index in [9.17, 15) is 19.7 Å². The molecule has 1 heterocycles. The van der Waals surface area contributed by atoms with E-state index in [1.54, 1.807) is 6.07 Å². The van der Waals surface area contributed by atoms with Crippen LogP contribution in [-0.4, -0.2) is 29.3 Å². The lowest BCUT2D eigenvalue weighted by Crippen LogP contribution is -2.45. The summed E-state index contributed by atoms with van der Waals surface area (Å²) in [6, 6.07) is 5.05. The Bertz CT molecular complexity index is 544. The van der Waals surface area contributed by atoms with E-state index in [2.05, 4.69) is 10.6 Å². The average molecular weight is 277 g/mol. The normalized spacial score (nSPS) is 18.8. The van der Waals surface area contributed by atoms with Crippen LogP contribution >= 0.6 is 0 Å². The van der Waals surface area contributed by atoms with Crippen LogP contribution in [0.2, 0.25) is 0 Å². The number of benzene rings is 1. The number of hydrogen-bond donors (Lipinski definition) is 2. The first-order valence-corrected chi connectivity index (χ1v) is 6.41. The molecule has 1 aromatic rings. The van der Waals surface area contributed by atoms with Gasteiger partial charge in [0.05, 0.1) is 4.92 Å². The molecule has 0 spiro atoms. The maximum absolute atomic E-state index is 12.1. The lowest BCUT2D eigenvalue weighted by atomic mass is 10.1. The predicted octanol–water partition coefficient (Wildman–Crippen LogP) is 0.993. The highest BCUT2D eigenvalue weighted by atomic mass is 16.6. The van der Waals surface area contributed by atoms with Gasteiger partial charge >= 0.3 is 0 Å². The van der Waals surface area contributed by atoms with Crippen molar-refractivity contribution in [2.75, 3.05) is 6.54 Å². The van der Waals surface area contributed by atoms with Gasteiger partial charge in [-0.1, -0.05) is 12.1 Å². The van der Waals surface area contributed by atoms with E-state index in [0.717, 1.165) is 12.8 Å². The topological polar surface area (TPSA) is 101 Å². The first-order chi connectivity index (χ1) is 9.59. The Kier molecular flexibility index (Phi) is 4.29. The Balaban J connectivity index is 2.15. The van der Waals surface area contributed by atoms with Crippen molar-refractivity contribution in [1.29, 1.82) is 0 Å². The molecule has 1 aromatic carbocycles. The Labute approximate surface area is 115 Å². The molecule has 0 bridgehead atoms. The van der Waals surface area contributed by atoms with E-state index in [1.165, 1.54) is 18.2 Å². The van der Waals surface area contributed by atoms with Crippen molar-refractivity contribution in [3.8, 4) is 0 Å². The van der Waals surface area contributed by atoms with E-state index in [0.29, 0.717) is 13.0 Å². The summed E-state index contributed by atoms with van der Waals surface area (Å²) >= 11 is 0. The third kappa shape index (κ3) is 3.11. The van der Waals surface area contributed by atoms with Crippen molar-refractivity contribution in [3.63, 3.8) is 0 Å². The summed E-state index contributed by atoms with van der Waals surface area (Å²) in [5, 5.41) is 16.2. The second-order valence-electron chi connectivity index (χ2n) is 4.59. The molecule has 0 radical (unpaired) electrons. The van der Waals surface area contributed by atoms with E-state index in [1.807, 2.05) is 0 Å². The van der Waals surface area contributed by atoms with Crippen LogP contribution in [-0.2, 0) is 4.79 Å². The van der Waals surface area contributed by atoms with E-state index >= 15 is 0 Å². The zero-order valence-corrected chi connectivity index (χ0v) is 10.8. The summed E-state index contributed by atoms with van der Waals surface area (Å²) in [5.41, 5.74) is -0.298. The third-order valence-corrected chi connectivity index (χ3v) is 3.19. The molecule has 7 heteroatoms. The van der Waals surface area contributed by atoms with Crippen LogP contribution in [0.15, 0.2) is 24.3 Å². The van der Waals surface area contributed by atoms with Crippen LogP contribution < -0.4 is 10.6 Å². The highest BCUT2D eigenvalue weighted by molar-refractivity contribution is 6.00. The Hall–Kier alpha value is -2.44. The number of carbonyl (C=O) groups excluding carboxylic acids is 2. The SMILES string of the molecule is O=C(N[C@@H]1CCCCNC1=O)c1ccccc1[N+](=O)[O-]. The minimum atomic E-state index is -0.634. The van der Waals surface area contributed by atoms with Gasteiger partial charge in [-0.15, -0.1) is 0 Å². The maximum atomic E-state index is 12.1. The molecule has 1 fully saturated rings. The fourth-order valence-corrected chi connectivity index (χ4v) is 2.14. The number of para-hydroxylation sites is 1. The predicted molar refractivity (Wildman–Crippen MR) is 71.2 cm³/mol. The molecule has 0 aliphatic carbocycles. The number of rotatable bonds is 3. The van der Waals surface area contributed by atoms with Gasteiger partial charge in [0.15, 0.2) is 0 Å². The van der Waals surface area contributed by atoms with E-state index in [4.69, 9.17) is 0 Å². The monoisotopic (exact) mass is 277 g/mol. The van der Waals surface area contributed by atoms with Crippen molar-refractivity contribution in [2.45, 2.75) is 25.3 Å². The first kappa shape index (κ1) is 14.0. The number of hydrogen-bond acceptors (Lipinski definition) is 4. The minimum absolute atomic E-state index is 0.0328. The molecule has 1 aliphatic heterocycles. The molecule has 2 N–H and O–H groups in total. The van der Waals surface area contributed by atoms with Gasteiger partial charge in [-0.2, -0.15) is 0 Å². The second kappa shape index (κ2) is 6.14. The van der Waals surface area contributed by atoms with Gasteiger partial charge in [0.1, 0.15) is 11.6 Å². The van der Waals surface area contributed by atoms with Gasteiger partial charge in [-0.3, -0.25) is 19.7 Å². The summed E-state index contributed by atoms with van der Waals surface area (Å²) in [7, 11) is 0. The molecule has 1 atom stereocenters. The quantitative estimate of drug-likeness (QED) is 0.635. The zero-order valence-electron chi connectivity index (χ0n) is 10.8. The molecule has 7 nitrogen and oxygen atoms in total. The molecule has 1 aliphatic rings. The van der Waals surface area contributed by atoms with Crippen LogP contribution in [0, 0.1) is 10.1 Å². The highest BCUT2D eigenvalue weighted by Crippen LogP contribution is 2.18. The molecule has 0 unspecified atom stereocenters. The first-order valence-electron chi connectivity index (χ1n) is 6.41. The largest absolute Gasteiger partial charge is 0.354 e. The summed E-state index contributed by atoms with van der Waals surface area (Å²) in [4.78, 5) is 34.1. The number of carbonyl (C=O) groups is 2. The lowest BCUT2D eigenvalue weighted by molar-refractivity contribution is -0.385. The maximum Gasteiger partial charge on any atom is 0.282 e. The number of nitro benzene ring substituents is 1. The molecular formula is C13H15N3O4. The molecule has 0 saturated carbocycles. The van der Waals surface area contributed by atoms with Gasteiger partial charge in [0.2, 0.25) is 5.91 Å². The van der Waals surface area contributed by atoms with Crippen molar-refractivity contribution in [3.05, 3.63) is 39.9 Å². The molecule has 1 saturated heterocycles. The van der Waals surface area contributed by atoms with Gasteiger partial charge in [-0.25, -0.2) is 0 Å². The van der Waals surface area contributed by atoms with Crippen LogP contribution in [0.25, 0.3) is 0 Å². The number of nitro groups is 1. The van der Waals surface area contributed by atoms with Crippen LogP contribution in [0.3, 0.4) is 0 Å². The summed E-state index contributed by atoms with van der Waals surface area (Å²) in [6.45, 7) is 0.594. The lowest BCUT2D eigenvalue weighted by Gasteiger charge is -2.15. The minimum Gasteiger partial charge on any atom is -0.354 e. The molecule has 106 valence electrons. The molecule has 2 amide bonds. The highest BCUT2D eigenvalue weighted by Gasteiger charge is 2.26. The molecule has 20 heavy (non-hydrogen) atoms. The van der Waals surface area contributed by atoms with Crippen LogP contribution in [0.4, 0.5) is 5.69 Å². The van der Waals surface area contributed by atoms with Gasteiger partial charge in [0, 0.05) is 12.6 Å². The van der Waals surface area contributed by atoms with Crippen molar-refractivity contribution < 1.29 is 14.5 Å². The number of nitrogens with zero attached hydrogens (tertiary/aromatic N) is 1. The standard InChI is InChI=1S/C13H15N3O4/c17-12(9-5-1-2-7-11(9)16(19)20)15-10-6-3-4-8-14-13(10)18/h1-2,5,7,10H,3-4,6,8H2,(H,14,18)(H,15,17)/t10-/m1/s1. The fourth-order valence-electron chi connectivity index (χ4n) is 2.14. The van der Waals surface area contributed by atoms with Crippen LogP contribution in [0.5, 0.6) is 0 Å². The second-order valence-corrected chi connectivity index (χ2v) is 4.59. The number of nitrogens with one attached hydrogen (secondary N) is 2. The van der Waals surface area contributed by atoms with Crippen LogP contribution in [0.1, 0.15) is 29.6 Å². The van der Waals surface area contributed by atoms with Crippen molar-refractivity contribution >= 4 is 17.5 Å². The Morgan fingerprint density at radius 3 is 2.85 bits per heavy atom. The third-order valence-electron chi connectivity index (χ3n) is 3.19. The van der Waals surface area contributed by atoms with Gasteiger partial charge in [-0.05, 0) is 25.3 Å². The molecule has 2 rings (SSSR count). The van der Waals surface area contributed by atoms with Gasteiger partial charge < -0.3 is 10.6 Å². The smallest absolute Gasteiger partial charge is 0.282 e. The summed E-state index contributed by atoms with van der Waals surface area (Å²) in [5.74, 6) is -0.839. The van der Waals surface area contributed by atoms with E-state index in [-0.39, 0.29) is 17.2 Å². The fraction of sp³-hybridized carbons (Fsp3) is 0.385. The zero-order chi connectivity index (χ0) is 14.5. The number of amides is 2. The van der Waals surface area contributed by atoms with E-state index < -0.39 is 16.9 Å². The Morgan fingerprint density at radius 1 is 1.35 bits per heavy atom.